The predicted octanol–water partition coefficient (Wildman–Crippen LogP) is 2.68. The average Bonchev–Trinajstić information content (AvgIpc) is 2.67. The third-order valence-electron chi connectivity index (χ3n) is 5.03. The first-order chi connectivity index (χ1) is 14.4. The number of carbonyl (C=O) groups excluding carboxylic acids is 2. The molecule has 0 spiro atoms. The van der Waals surface area contributed by atoms with Gasteiger partial charge in [0, 0.05) is 25.6 Å². The third-order valence-corrected chi connectivity index (χ3v) is 5.03. The number of amides is 2. The molecule has 31 heavy (non-hydrogen) atoms. The van der Waals surface area contributed by atoms with Gasteiger partial charge in [-0.2, -0.15) is 0 Å². The summed E-state index contributed by atoms with van der Waals surface area (Å²) >= 11 is 0. The number of likely N-dealkylation sites (N-methyl/N-ethyl adjacent to an activating group) is 1. The van der Waals surface area contributed by atoms with E-state index in [1.165, 1.54) is 28.0 Å². The molecule has 0 radical (unpaired) electrons. The van der Waals surface area contributed by atoms with E-state index in [9.17, 15) is 24.8 Å². The van der Waals surface area contributed by atoms with Gasteiger partial charge in [0.2, 0.25) is 5.75 Å². The topological polar surface area (TPSA) is 122 Å². The van der Waals surface area contributed by atoms with Crippen molar-refractivity contribution >= 4 is 17.7 Å². The van der Waals surface area contributed by atoms with Gasteiger partial charge in [-0.1, -0.05) is 13.0 Å². The minimum absolute atomic E-state index is 0.0475. The molecule has 1 heterocycles. The van der Waals surface area contributed by atoms with Gasteiger partial charge in [0.05, 0.1) is 29.7 Å². The second kappa shape index (κ2) is 9.51. The van der Waals surface area contributed by atoms with Crippen LogP contribution in [0.25, 0.3) is 0 Å². The number of ether oxygens (including phenoxy) is 2. The molecule has 0 saturated carbocycles. The Hall–Kier alpha value is -2.88. The summed E-state index contributed by atoms with van der Waals surface area (Å²) < 4.78 is 11.4. The van der Waals surface area contributed by atoms with E-state index in [2.05, 4.69) is 0 Å². The molecule has 172 valence electrons. The summed E-state index contributed by atoms with van der Waals surface area (Å²) in [7, 11) is 1.56. The fourth-order valence-electron chi connectivity index (χ4n) is 3.27. The average molecular weight is 437 g/mol. The molecule has 0 bridgehead atoms. The Kier molecular flexibility index (Phi) is 7.48. The van der Waals surface area contributed by atoms with Crippen LogP contribution in [0.4, 0.5) is 10.5 Å². The highest BCUT2D eigenvalue weighted by molar-refractivity contribution is 5.98. The zero-order valence-corrected chi connectivity index (χ0v) is 18.8. The SMILES string of the molecule is C[C@@H]1CN([C@@H](C)CO)C(=O)c2cccc([N+](=O)[O-])c2O[C@H]1CN(C)C(=O)OC(C)(C)C. The number of rotatable bonds is 5. The van der Waals surface area contributed by atoms with Gasteiger partial charge < -0.3 is 24.4 Å². The Balaban J connectivity index is 2.45. The van der Waals surface area contributed by atoms with E-state index >= 15 is 0 Å². The van der Waals surface area contributed by atoms with Crippen LogP contribution in [0.5, 0.6) is 5.75 Å². The molecule has 3 atom stereocenters. The number of carbonyl (C=O) groups is 2. The molecule has 1 N–H and O–H groups in total. The van der Waals surface area contributed by atoms with Gasteiger partial charge in [-0.25, -0.2) is 4.79 Å². The Morgan fingerprint density at radius 1 is 1.45 bits per heavy atom. The second-order valence-corrected chi connectivity index (χ2v) is 8.89. The Bertz CT molecular complexity index is 837. The molecule has 0 aromatic heterocycles. The maximum atomic E-state index is 13.1. The highest BCUT2D eigenvalue weighted by Gasteiger charge is 2.37. The third kappa shape index (κ3) is 5.84. The first kappa shape index (κ1) is 24.4. The number of hydrogen-bond donors (Lipinski definition) is 1. The Labute approximate surface area is 181 Å². The van der Waals surface area contributed by atoms with Gasteiger partial charge >= 0.3 is 11.8 Å². The van der Waals surface area contributed by atoms with Gasteiger partial charge in [0.1, 0.15) is 11.7 Å². The zero-order valence-electron chi connectivity index (χ0n) is 18.8. The number of fused-ring (bicyclic) bond motifs is 1. The minimum atomic E-state index is -0.677. The highest BCUT2D eigenvalue weighted by atomic mass is 16.6. The lowest BCUT2D eigenvalue weighted by atomic mass is 9.99. The smallest absolute Gasteiger partial charge is 0.410 e. The summed E-state index contributed by atoms with van der Waals surface area (Å²) in [5, 5.41) is 21.2. The molecule has 0 fully saturated rings. The first-order valence-electron chi connectivity index (χ1n) is 10.2. The van der Waals surface area contributed by atoms with Crippen molar-refractivity contribution in [3.8, 4) is 5.75 Å². The van der Waals surface area contributed by atoms with Crippen molar-refractivity contribution < 1.29 is 29.1 Å². The summed E-state index contributed by atoms with van der Waals surface area (Å²) in [5.41, 5.74) is -0.961. The fraction of sp³-hybridized carbons (Fsp3) is 0.619. The van der Waals surface area contributed by atoms with E-state index in [4.69, 9.17) is 9.47 Å². The summed E-state index contributed by atoms with van der Waals surface area (Å²) in [6.07, 6.45) is -1.20. The van der Waals surface area contributed by atoms with Crippen LogP contribution >= 0.6 is 0 Å². The van der Waals surface area contributed by atoms with Crippen molar-refractivity contribution in [3.63, 3.8) is 0 Å². The largest absolute Gasteiger partial charge is 0.481 e. The number of hydrogen-bond acceptors (Lipinski definition) is 7. The number of para-hydroxylation sites is 1. The molecule has 0 aliphatic carbocycles. The molecular weight excluding hydrogens is 406 g/mol. The Morgan fingerprint density at radius 3 is 2.65 bits per heavy atom. The molecule has 2 amide bonds. The van der Waals surface area contributed by atoms with Gasteiger partial charge in [-0.15, -0.1) is 0 Å². The van der Waals surface area contributed by atoms with Gasteiger partial charge in [-0.05, 0) is 33.8 Å². The van der Waals surface area contributed by atoms with Crippen LogP contribution in [-0.2, 0) is 4.74 Å². The van der Waals surface area contributed by atoms with Crippen molar-refractivity contribution in [2.45, 2.75) is 52.4 Å². The van der Waals surface area contributed by atoms with Crippen LogP contribution < -0.4 is 4.74 Å². The zero-order chi connectivity index (χ0) is 23.5. The number of aliphatic hydroxyl groups is 1. The summed E-state index contributed by atoms with van der Waals surface area (Å²) in [6, 6.07) is 3.66. The van der Waals surface area contributed by atoms with E-state index in [-0.39, 0.29) is 42.6 Å². The normalized spacial score (nSPS) is 20.1. The standard InChI is InChI=1S/C21H31N3O7/c1-13-10-23(14(2)12-25)19(26)15-8-7-9-16(24(28)29)18(15)30-17(13)11-22(6)20(27)31-21(3,4)5/h7-9,13-14,17,25H,10-12H2,1-6H3/t13-,14+,17+/m1/s1. The van der Waals surface area contributed by atoms with Gasteiger partial charge in [0.25, 0.3) is 5.91 Å². The van der Waals surface area contributed by atoms with E-state index in [0.717, 1.165) is 0 Å². The van der Waals surface area contributed by atoms with Gasteiger partial charge in [-0.3, -0.25) is 14.9 Å². The van der Waals surface area contributed by atoms with Crippen LogP contribution in [0.1, 0.15) is 45.0 Å². The molecule has 10 heteroatoms. The second-order valence-electron chi connectivity index (χ2n) is 8.89. The predicted molar refractivity (Wildman–Crippen MR) is 113 cm³/mol. The van der Waals surface area contributed by atoms with Crippen molar-refractivity contribution in [3.05, 3.63) is 33.9 Å². The van der Waals surface area contributed by atoms with E-state index in [1.54, 1.807) is 34.7 Å². The lowest BCUT2D eigenvalue weighted by Gasteiger charge is -2.38. The van der Waals surface area contributed by atoms with Crippen LogP contribution in [0.15, 0.2) is 18.2 Å². The molecule has 1 aromatic carbocycles. The summed E-state index contributed by atoms with van der Waals surface area (Å²) in [4.78, 5) is 39.4. The molecule has 1 aromatic rings. The van der Waals surface area contributed by atoms with Crippen molar-refractivity contribution in [2.24, 2.45) is 5.92 Å². The summed E-state index contributed by atoms with van der Waals surface area (Å²) in [6.45, 7) is 8.88. The fourth-order valence-corrected chi connectivity index (χ4v) is 3.27. The van der Waals surface area contributed by atoms with E-state index < -0.39 is 34.7 Å². The quantitative estimate of drug-likeness (QED) is 0.555. The Morgan fingerprint density at radius 2 is 2.10 bits per heavy atom. The number of benzene rings is 1. The monoisotopic (exact) mass is 437 g/mol. The summed E-state index contributed by atoms with van der Waals surface area (Å²) in [5.74, 6) is -0.886. The van der Waals surface area contributed by atoms with Crippen molar-refractivity contribution in [1.82, 2.24) is 9.80 Å². The molecule has 0 unspecified atom stereocenters. The van der Waals surface area contributed by atoms with Crippen LogP contribution in [0.2, 0.25) is 0 Å². The first-order valence-corrected chi connectivity index (χ1v) is 10.2. The molecular formula is C21H31N3O7. The lowest BCUT2D eigenvalue weighted by molar-refractivity contribution is -0.386. The molecule has 1 aliphatic heterocycles. The maximum absolute atomic E-state index is 13.1. The van der Waals surface area contributed by atoms with E-state index in [0.29, 0.717) is 0 Å². The van der Waals surface area contributed by atoms with E-state index in [1.807, 2.05) is 6.92 Å². The number of nitro benzene ring substituents is 1. The van der Waals surface area contributed by atoms with Crippen LogP contribution in [-0.4, -0.2) is 76.3 Å². The highest BCUT2D eigenvalue weighted by Crippen LogP contribution is 2.36. The number of nitro groups is 1. The lowest BCUT2D eigenvalue weighted by Crippen LogP contribution is -2.50. The van der Waals surface area contributed by atoms with Gasteiger partial charge in [0.15, 0.2) is 0 Å². The van der Waals surface area contributed by atoms with Crippen molar-refractivity contribution in [1.29, 1.82) is 0 Å². The molecule has 1 aliphatic rings. The maximum Gasteiger partial charge on any atom is 0.410 e. The molecule has 0 saturated heterocycles. The molecule has 2 rings (SSSR count). The minimum Gasteiger partial charge on any atom is -0.481 e. The van der Waals surface area contributed by atoms with Crippen molar-refractivity contribution in [2.75, 3.05) is 26.7 Å². The number of aliphatic hydroxyl groups excluding tert-OH is 1. The molecule has 10 nitrogen and oxygen atoms in total. The van der Waals surface area contributed by atoms with Crippen LogP contribution in [0, 0.1) is 16.0 Å². The number of nitrogens with zero attached hydrogens (tertiary/aromatic N) is 3. The van der Waals surface area contributed by atoms with Crippen LogP contribution in [0.3, 0.4) is 0 Å².